The molecule has 1 aliphatic rings. The highest BCUT2D eigenvalue weighted by molar-refractivity contribution is 5.51. The zero-order valence-electron chi connectivity index (χ0n) is 12.8. The lowest BCUT2D eigenvalue weighted by molar-refractivity contribution is 0.646. The van der Waals surface area contributed by atoms with Crippen molar-refractivity contribution >= 4 is 11.5 Å². The quantitative estimate of drug-likeness (QED) is 0.866. The van der Waals surface area contributed by atoms with E-state index >= 15 is 0 Å². The number of hydrogen-bond acceptors (Lipinski definition) is 4. The van der Waals surface area contributed by atoms with E-state index in [1.54, 1.807) is 6.33 Å². The molecule has 0 atom stereocenters. The van der Waals surface area contributed by atoms with Gasteiger partial charge in [-0.05, 0) is 31.0 Å². The highest BCUT2D eigenvalue weighted by atomic mass is 15.3. The summed E-state index contributed by atoms with van der Waals surface area (Å²) in [6.45, 7) is 8.36. The van der Waals surface area contributed by atoms with Gasteiger partial charge in [0, 0.05) is 43.6 Å². The predicted octanol–water partition coefficient (Wildman–Crippen LogP) is 2.67. The number of anilines is 2. The third-order valence-corrected chi connectivity index (χ3v) is 4.04. The minimum atomic E-state index is 0.957. The molecule has 0 bridgehead atoms. The van der Waals surface area contributed by atoms with Crippen LogP contribution in [0.15, 0.2) is 36.7 Å². The molecule has 3 rings (SSSR count). The van der Waals surface area contributed by atoms with E-state index in [1.807, 2.05) is 0 Å². The van der Waals surface area contributed by atoms with E-state index in [0.717, 1.165) is 44.1 Å². The Hall–Kier alpha value is -2.10. The van der Waals surface area contributed by atoms with Crippen LogP contribution in [-0.2, 0) is 6.42 Å². The molecule has 4 heteroatoms. The van der Waals surface area contributed by atoms with Crippen LogP contribution in [0.1, 0.15) is 18.2 Å². The first-order valence-corrected chi connectivity index (χ1v) is 7.64. The highest BCUT2D eigenvalue weighted by Gasteiger charge is 2.18. The molecule has 1 aromatic heterocycles. The van der Waals surface area contributed by atoms with E-state index in [1.165, 1.54) is 11.3 Å². The molecule has 0 unspecified atom stereocenters. The first-order chi connectivity index (χ1) is 10.3. The van der Waals surface area contributed by atoms with Crippen LogP contribution in [0, 0.1) is 6.92 Å². The van der Waals surface area contributed by atoms with Crippen molar-refractivity contribution in [1.29, 1.82) is 0 Å². The third-order valence-electron chi connectivity index (χ3n) is 4.04. The standard InChI is InChI=1S/C17H22N4/c1-3-15-12-17(19-13-18-15)21-9-7-20(8-10-21)16-6-4-5-14(2)11-16/h4-6,11-13H,3,7-10H2,1-2H3. The number of hydrogen-bond donors (Lipinski definition) is 0. The molecule has 1 saturated heterocycles. The molecule has 1 aliphatic heterocycles. The van der Waals surface area contributed by atoms with Crippen molar-refractivity contribution in [3.8, 4) is 0 Å². The van der Waals surface area contributed by atoms with Gasteiger partial charge < -0.3 is 9.80 Å². The van der Waals surface area contributed by atoms with Gasteiger partial charge in [0.15, 0.2) is 0 Å². The molecule has 0 amide bonds. The topological polar surface area (TPSA) is 32.3 Å². The highest BCUT2D eigenvalue weighted by Crippen LogP contribution is 2.20. The van der Waals surface area contributed by atoms with Gasteiger partial charge >= 0.3 is 0 Å². The van der Waals surface area contributed by atoms with Crippen molar-refractivity contribution in [2.45, 2.75) is 20.3 Å². The first kappa shape index (κ1) is 13.9. The SMILES string of the molecule is CCc1cc(N2CCN(c3cccc(C)c3)CC2)ncn1. The summed E-state index contributed by atoms with van der Waals surface area (Å²) < 4.78 is 0. The van der Waals surface area contributed by atoms with Gasteiger partial charge in [0.2, 0.25) is 0 Å². The number of rotatable bonds is 3. The van der Waals surface area contributed by atoms with Crippen molar-refractivity contribution < 1.29 is 0 Å². The van der Waals surface area contributed by atoms with E-state index in [2.05, 4.69) is 63.9 Å². The molecular formula is C17H22N4. The van der Waals surface area contributed by atoms with Crippen molar-refractivity contribution in [2.75, 3.05) is 36.0 Å². The minimum absolute atomic E-state index is 0.957. The molecular weight excluding hydrogens is 260 g/mol. The second-order valence-corrected chi connectivity index (χ2v) is 5.53. The Morgan fingerprint density at radius 1 is 1.00 bits per heavy atom. The van der Waals surface area contributed by atoms with Gasteiger partial charge in [-0.3, -0.25) is 0 Å². The summed E-state index contributed by atoms with van der Waals surface area (Å²) in [6, 6.07) is 10.8. The van der Waals surface area contributed by atoms with Gasteiger partial charge in [-0.2, -0.15) is 0 Å². The maximum absolute atomic E-state index is 4.42. The van der Waals surface area contributed by atoms with Crippen molar-refractivity contribution in [3.63, 3.8) is 0 Å². The van der Waals surface area contributed by atoms with E-state index in [9.17, 15) is 0 Å². The van der Waals surface area contributed by atoms with Gasteiger partial charge in [0.1, 0.15) is 12.1 Å². The first-order valence-electron chi connectivity index (χ1n) is 7.64. The van der Waals surface area contributed by atoms with Crippen LogP contribution in [0.2, 0.25) is 0 Å². The fourth-order valence-corrected chi connectivity index (χ4v) is 2.77. The molecule has 0 N–H and O–H groups in total. The Labute approximate surface area is 126 Å². The van der Waals surface area contributed by atoms with Gasteiger partial charge in [-0.25, -0.2) is 9.97 Å². The smallest absolute Gasteiger partial charge is 0.132 e. The van der Waals surface area contributed by atoms with Crippen LogP contribution in [0.4, 0.5) is 11.5 Å². The zero-order valence-corrected chi connectivity index (χ0v) is 12.8. The maximum Gasteiger partial charge on any atom is 0.132 e. The van der Waals surface area contributed by atoms with Gasteiger partial charge in [0.25, 0.3) is 0 Å². The van der Waals surface area contributed by atoms with E-state index in [-0.39, 0.29) is 0 Å². The van der Waals surface area contributed by atoms with E-state index < -0.39 is 0 Å². The summed E-state index contributed by atoms with van der Waals surface area (Å²) in [5.74, 6) is 1.06. The Morgan fingerprint density at radius 3 is 2.48 bits per heavy atom. The lowest BCUT2D eigenvalue weighted by atomic mass is 10.2. The number of nitrogens with zero attached hydrogens (tertiary/aromatic N) is 4. The summed E-state index contributed by atoms with van der Waals surface area (Å²) in [6.07, 6.45) is 2.64. The summed E-state index contributed by atoms with van der Waals surface area (Å²) in [5.41, 5.74) is 3.76. The van der Waals surface area contributed by atoms with Crippen LogP contribution < -0.4 is 9.80 Å². The molecule has 1 fully saturated rings. The second-order valence-electron chi connectivity index (χ2n) is 5.53. The second kappa shape index (κ2) is 6.12. The Kier molecular flexibility index (Phi) is 4.04. The summed E-state index contributed by atoms with van der Waals surface area (Å²) in [7, 11) is 0. The summed E-state index contributed by atoms with van der Waals surface area (Å²) >= 11 is 0. The molecule has 0 spiro atoms. The largest absolute Gasteiger partial charge is 0.368 e. The molecule has 4 nitrogen and oxygen atoms in total. The van der Waals surface area contributed by atoms with Gasteiger partial charge in [-0.15, -0.1) is 0 Å². The molecule has 21 heavy (non-hydrogen) atoms. The van der Waals surface area contributed by atoms with Crippen LogP contribution in [0.3, 0.4) is 0 Å². The lowest BCUT2D eigenvalue weighted by Gasteiger charge is -2.36. The van der Waals surface area contributed by atoms with Crippen molar-refractivity contribution in [3.05, 3.63) is 47.9 Å². The van der Waals surface area contributed by atoms with E-state index in [0.29, 0.717) is 0 Å². The molecule has 2 aromatic rings. The minimum Gasteiger partial charge on any atom is -0.368 e. The zero-order chi connectivity index (χ0) is 14.7. The predicted molar refractivity (Wildman–Crippen MR) is 87.0 cm³/mol. The Balaban J connectivity index is 1.67. The fraction of sp³-hybridized carbons (Fsp3) is 0.412. The van der Waals surface area contributed by atoms with Crippen molar-refractivity contribution in [1.82, 2.24) is 9.97 Å². The maximum atomic E-state index is 4.42. The normalized spacial score (nSPS) is 15.3. The van der Waals surface area contributed by atoms with Gasteiger partial charge in [-0.1, -0.05) is 19.1 Å². The number of piperazine rings is 1. The van der Waals surface area contributed by atoms with Crippen LogP contribution in [0.25, 0.3) is 0 Å². The summed E-state index contributed by atoms with van der Waals surface area (Å²) in [5, 5.41) is 0. The molecule has 2 heterocycles. The average molecular weight is 282 g/mol. The molecule has 0 aliphatic carbocycles. The van der Waals surface area contributed by atoms with Crippen LogP contribution in [0.5, 0.6) is 0 Å². The fourth-order valence-electron chi connectivity index (χ4n) is 2.77. The Morgan fingerprint density at radius 2 is 1.76 bits per heavy atom. The molecule has 110 valence electrons. The monoisotopic (exact) mass is 282 g/mol. The van der Waals surface area contributed by atoms with Crippen LogP contribution in [-0.4, -0.2) is 36.1 Å². The molecule has 1 aromatic carbocycles. The number of benzene rings is 1. The van der Waals surface area contributed by atoms with Crippen LogP contribution >= 0.6 is 0 Å². The van der Waals surface area contributed by atoms with E-state index in [4.69, 9.17) is 0 Å². The number of aryl methyl sites for hydroxylation is 2. The van der Waals surface area contributed by atoms with Gasteiger partial charge in [0.05, 0.1) is 0 Å². The average Bonchev–Trinajstić information content (AvgIpc) is 2.55. The molecule has 0 radical (unpaired) electrons. The number of aromatic nitrogens is 2. The summed E-state index contributed by atoms with van der Waals surface area (Å²) in [4.78, 5) is 13.5. The Bertz CT molecular complexity index is 603. The molecule has 0 saturated carbocycles. The third kappa shape index (κ3) is 3.15. The van der Waals surface area contributed by atoms with Crippen molar-refractivity contribution in [2.24, 2.45) is 0 Å². The lowest BCUT2D eigenvalue weighted by Crippen LogP contribution is -2.46.